The Hall–Kier alpha value is -1.39. The third-order valence-electron chi connectivity index (χ3n) is 4.32. The van der Waals surface area contributed by atoms with E-state index in [0.717, 1.165) is 38.8 Å². The number of rotatable bonds is 6. The molecular weight excluding hydrogens is 276 g/mol. The standard InChI is InChI=1S/C18H28N2O2/c1-3-11-18(2,19)17(21)20-12-9-16(10-13-20)22-14-15-7-5-4-6-8-15/h4-8,16H,3,9-14,19H2,1-2H3. The van der Waals surface area contributed by atoms with Gasteiger partial charge in [0.2, 0.25) is 5.91 Å². The monoisotopic (exact) mass is 304 g/mol. The lowest BCUT2D eigenvalue weighted by molar-refractivity contribution is -0.139. The number of carbonyl (C=O) groups excluding carboxylic acids is 1. The van der Waals surface area contributed by atoms with Crippen molar-refractivity contribution in [3.05, 3.63) is 35.9 Å². The van der Waals surface area contributed by atoms with E-state index >= 15 is 0 Å². The van der Waals surface area contributed by atoms with Gasteiger partial charge in [-0.25, -0.2) is 0 Å². The van der Waals surface area contributed by atoms with Crippen molar-refractivity contribution < 1.29 is 9.53 Å². The highest BCUT2D eigenvalue weighted by Crippen LogP contribution is 2.20. The van der Waals surface area contributed by atoms with Gasteiger partial charge in [-0.3, -0.25) is 4.79 Å². The zero-order chi connectivity index (χ0) is 16.0. The summed E-state index contributed by atoms with van der Waals surface area (Å²) in [5.41, 5.74) is 6.61. The molecule has 1 fully saturated rings. The number of ether oxygens (including phenoxy) is 1. The molecule has 0 saturated carbocycles. The molecule has 0 spiro atoms. The van der Waals surface area contributed by atoms with Crippen molar-refractivity contribution in [2.45, 2.75) is 57.8 Å². The average molecular weight is 304 g/mol. The summed E-state index contributed by atoms with van der Waals surface area (Å²) in [6.45, 7) is 6.03. The predicted molar refractivity (Wildman–Crippen MR) is 88.3 cm³/mol. The minimum Gasteiger partial charge on any atom is -0.373 e. The fraction of sp³-hybridized carbons (Fsp3) is 0.611. The molecule has 1 saturated heterocycles. The van der Waals surface area contributed by atoms with E-state index in [0.29, 0.717) is 6.61 Å². The van der Waals surface area contributed by atoms with Crippen molar-refractivity contribution in [2.75, 3.05) is 13.1 Å². The summed E-state index contributed by atoms with van der Waals surface area (Å²) in [7, 11) is 0. The molecule has 1 amide bonds. The van der Waals surface area contributed by atoms with Crippen LogP contribution in [0.25, 0.3) is 0 Å². The van der Waals surface area contributed by atoms with Crippen LogP contribution < -0.4 is 5.73 Å². The highest BCUT2D eigenvalue weighted by molar-refractivity contribution is 5.85. The first-order valence-corrected chi connectivity index (χ1v) is 8.26. The highest BCUT2D eigenvalue weighted by Gasteiger charge is 2.33. The SMILES string of the molecule is CCCC(C)(N)C(=O)N1CCC(OCc2ccccc2)CC1. The van der Waals surface area contributed by atoms with Crippen LogP contribution in [-0.4, -0.2) is 35.5 Å². The van der Waals surface area contributed by atoms with E-state index in [-0.39, 0.29) is 12.0 Å². The van der Waals surface area contributed by atoms with Crippen LogP contribution in [0.15, 0.2) is 30.3 Å². The molecule has 22 heavy (non-hydrogen) atoms. The molecule has 4 nitrogen and oxygen atoms in total. The molecule has 2 N–H and O–H groups in total. The second-order valence-corrected chi connectivity index (χ2v) is 6.46. The van der Waals surface area contributed by atoms with Crippen molar-refractivity contribution in [3.63, 3.8) is 0 Å². The number of nitrogens with two attached hydrogens (primary N) is 1. The number of piperidine rings is 1. The molecule has 2 rings (SSSR count). The van der Waals surface area contributed by atoms with Gasteiger partial charge in [-0.2, -0.15) is 0 Å². The second kappa shape index (κ2) is 7.75. The van der Waals surface area contributed by atoms with Gasteiger partial charge in [-0.05, 0) is 31.7 Å². The summed E-state index contributed by atoms with van der Waals surface area (Å²) in [5, 5.41) is 0. The van der Waals surface area contributed by atoms with E-state index in [1.54, 1.807) is 0 Å². The Kier molecular flexibility index (Phi) is 5.98. The molecule has 122 valence electrons. The Balaban J connectivity index is 1.77. The van der Waals surface area contributed by atoms with Crippen molar-refractivity contribution in [1.82, 2.24) is 4.90 Å². The molecule has 0 bridgehead atoms. The first kappa shape index (κ1) is 17.0. The number of amides is 1. The van der Waals surface area contributed by atoms with Crippen molar-refractivity contribution in [2.24, 2.45) is 5.73 Å². The van der Waals surface area contributed by atoms with Gasteiger partial charge in [0.1, 0.15) is 0 Å². The molecule has 1 aromatic rings. The Bertz CT molecular complexity index is 465. The topological polar surface area (TPSA) is 55.6 Å². The quantitative estimate of drug-likeness (QED) is 0.879. The van der Waals surface area contributed by atoms with Gasteiger partial charge < -0.3 is 15.4 Å². The Labute approximate surface area is 133 Å². The van der Waals surface area contributed by atoms with Crippen LogP contribution in [-0.2, 0) is 16.1 Å². The first-order valence-electron chi connectivity index (χ1n) is 8.26. The van der Waals surface area contributed by atoms with E-state index in [1.165, 1.54) is 5.56 Å². The Morgan fingerprint density at radius 2 is 1.95 bits per heavy atom. The molecule has 1 aromatic carbocycles. The molecule has 4 heteroatoms. The third-order valence-corrected chi connectivity index (χ3v) is 4.32. The number of hydrogen-bond acceptors (Lipinski definition) is 3. The Morgan fingerprint density at radius 1 is 1.32 bits per heavy atom. The summed E-state index contributed by atoms with van der Waals surface area (Å²) in [5.74, 6) is 0.0795. The maximum Gasteiger partial charge on any atom is 0.242 e. The van der Waals surface area contributed by atoms with Crippen molar-refractivity contribution in [1.29, 1.82) is 0 Å². The largest absolute Gasteiger partial charge is 0.373 e. The molecule has 0 aromatic heterocycles. The third kappa shape index (κ3) is 4.55. The molecule has 1 aliphatic rings. The number of hydrogen-bond donors (Lipinski definition) is 1. The van der Waals surface area contributed by atoms with Crippen LogP contribution in [0, 0.1) is 0 Å². The van der Waals surface area contributed by atoms with Crippen molar-refractivity contribution >= 4 is 5.91 Å². The van der Waals surface area contributed by atoms with Gasteiger partial charge >= 0.3 is 0 Å². The minimum atomic E-state index is -0.730. The lowest BCUT2D eigenvalue weighted by Gasteiger charge is -2.36. The van der Waals surface area contributed by atoms with Gasteiger partial charge in [0, 0.05) is 13.1 Å². The smallest absolute Gasteiger partial charge is 0.242 e. The van der Waals surface area contributed by atoms with Gasteiger partial charge in [0.15, 0.2) is 0 Å². The van der Waals surface area contributed by atoms with E-state index in [4.69, 9.17) is 10.5 Å². The van der Waals surface area contributed by atoms with E-state index in [2.05, 4.69) is 19.1 Å². The highest BCUT2D eigenvalue weighted by atomic mass is 16.5. The summed E-state index contributed by atoms with van der Waals surface area (Å²) >= 11 is 0. The minimum absolute atomic E-state index is 0.0795. The predicted octanol–water partition coefficient (Wildman–Crippen LogP) is 2.71. The summed E-state index contributed by atoms with van der Waals surface area (Å²) < 4.78 is 5.96. The average Bonchev–Trinajstić information content (AvgIpc) is 2.54. The molecule has 1 aliphatic heterocycles. The fourth-order valence-corrected chi connectivity index (χ4v) is 3.00. The Morgan fingerprint density at radius 3 is 2.55 bits per heavy atom. The van der Waals surface area contributed by atoms with Gasteiger partial charge in [-0.15, -0.1) is 0 Å². The van der Waals surface area contributed by atoms with Gasteiger partial charge in [0.25, 0.3) is 0 Å². The maximum absolute atomic E-state index is 12.5. The normalized spacial score (nSPS) is 19.0. The molecule has 1 heterocycles. The summed E-state index contributed by atoms with van der Waals surface area (Å²) in [6, 6.07) is 10.2. The van der Waals surface area contributed by atoms with Crippen LogP contribution >= 0.6 is 0 Å². The number of likely N-dealkylation sites (tertiary alicyclic amines) is 1. The first-order chi connectivity index (χ1) is 10.5. The molecule has 0 radical (unpaired) electrons. The second-order valence-electron chi connectivity index (χ2n) is 6.46. The fourth-order valence-electron chi connectivity index (χ4n) is 3.00. The van der Waals surface area contributed by atoms with Crippen LogP contribution in [0.4, 0.5) is 0 Å². The number of benzene rings is 1. The van der Waals surface area contributed by atoms with E-state index in [1.807, 2.05) is 30.0 Å². The summed E-state index contributed by atoms with van der Waals surface area (Å²) in [4.78, 5) is 14.4. The molecule has 1 unspecified atom stereocenters. The van der Waals surface area contributed by atoms with Crippen LogP contribution in [0.2, 0.25) is 0 Å². The van der Waals surface area contributed by atoms with E-state index < -0.39 is 5.54 Å². The van der Waals surface area contributed by atoms with Gasteiger partial charge in [-0.1, -0.05) is 43.7 Å². The van der Waals surface area contributed by atoms with Crippen LogP contribution in [0.1, 0.15) is 45.1 Å². The summed E-state index contributed by atoms with van der Waals surface area (Å²) in [6.07, 6.45) is 3.67. The van der Waals surface area contributed by atoms with Crippen molar-refractivity contribution in [3.8, 4) is 0 Å². The van der Waals surface area contributed by atoms with Crippen LogP contribution in [0.5, 0.6) is 0 Å². The lowest BCUT2D eigenvalue weighted by atomic mass is 9.94. The lowest BCUT2D eigenvalue weighted by Crippen LogP contribution is -2.55. The van der Waals surface area contributed by atoms with Crippen LogP contribution in [0.3, 0.4) is 0 Å². The number of carbonyl (C=O) groups is 1. The zero-order valence-electron chi connectivity index (χ0n) is 13.8. The molecular formula is C18H28N2O2. The molecule has 0 aliphatic carbocycles. The van der Waals surface area contributed by atoms with Gasteiger partial charge in [0.05, 0.1) is 18.2 Å². The van der Waals surface area contributed by atoms with E-state index in [9.17, 15) is 4.79 Å². The maximum atomic E-state index is 12.5. The molecule has 1 atom stereocenters. The number of nitrogens with zero attached hydrogens (tertiary/aromatic N) is 1. The zero-order valence-corrected chi connectivity index (χ0v) is 13.8.